The zero-order valence-electron chi connectivity index (χ0n) is 30.0. The zero-order valence-corrected chi connectivity index (χ0v) is 31.6. The van der Waals surface area contributed by atoms with Crippen LogP contribution in [0.4, 0.5) is 11.4 Å². The van der Waals surface area contributed by atoms with E-state index in [9.17, 15) is 24.0 Å². The van der Waals surface area contributed by atoms with Gasteiger partial charge in [0.05, 0.1) is 41.3 Å². The summed E-state index contributed by atoms with van der Waals surface area (Å²) in [6.07, 6.45) is 0.742. The molecule has 5 aromatic rings. The highest BCUT2D eigenvalue weighted by Gasteiger charge is 2.69. The maximum atomic E-state index is 14.2. The Kier molecular flexibility index (Phi) is 9.01. The molecule has 1 aromatic heterocycles. The van der Waals surface area contributed by atoms with Gasteiger partial charge in [0, 0.05) is 21.7 Å². The Morgan fingerprint density at radius 1 is 0.836 bits per heavy atom. The first-order chi connectivity index (χ1) is 26.7. The highest BCUT2D eigenvalue weighted by atomic mass is 32.2. The molecule has 3 heterocycles. The van der Waals surface area contributed by atoms with Gasteiger partial charge in [-0.25, -0.2) is 4.79 Å². The summed E-state index contributed by atoms with van der Waals surface area (Å²) in [6, 6.07) is 25.8. The molecule has 0 unspecified atom stereocenters. The summed E-state index contributed by atoms with van der Waals surface area (Å²) >= 11 is 2.80. The van der Waals surface area contributed by atoms with Gasteiger partial charge >= 0.3 is 10.8 Å². The summed E-state index contributed by atoms with van der Waals surface area (Å²) in [5.41, 5.74) is 2.37. The first kappa shape index (κ1) is 35.3. The summed E-state index contributed by atoms with van der Waals surface area (Å²) in [5.74, 6) is -1.66. The lowest BCUT2D eigenvalue weighted by Crippen LogP contribution is -2.42. The molecular formula is C42H37N3O8S2. The van der Waals surface area contributed by atoms with Crippen LogP contribution in [0.2, 0.25) is 0 Å². The molecule has 0 radical (unpaired) electrons. The number of rotatable bonds is 10. The fraction of sp³-hybridized carbons (Fsp3) is 0.310. The standard InChI is InChI=1S/C42H37N3O8S2/c1-3-51-30-18-24(12-16-29(30)53-20-31(46)43-25-13-9-21-7-5-6-8-23(21)17-25)32-33-27-19-28(36(33)54-38-37(32)55-42(50)44-38)35-34(27)39(47)45(40(35)48)26-14-10-22(11-15-26)41(49)52-4-2/h5-18,27-28,32-36H,3-4,19-20H2,1-2H3,(H,43,46)(H,44,50)/t27-,28-,32+,33-,34+,35+,36-/m1/s1. The number of hydrogen-bond acceptors (Lipinski definition) is 10. The minimum absolute atomic E-state index is 0.00200. The molecule has 2 saturated carbocycles. The Morgan fingerprint density at radius 3 is 2.36 bits per heavy atom. The Morgan fingerprint density at radius 2 is 1.60 bits per heavy atom. The second-order valence-corrected chi connectivity index (χ2v) is 16.5. The van der Waals surface area contributed by atoms with E-state index in [1.165, 1.54) is 16.2 Å². The quantitative estimate of drug-likeness (QED) is 0.115. The van der Waals surface area contributed by atoms with Crippen LogP contribution in [0.5, 0.6) is 11.5 Å². The lowest BCUT2D eigenvalue weighted by molar-refractivity contribution is -0.123. The third-order valence-electron chi connectivity index (χ3n) is 11.4. The second kappa shape index (κ2) is 14.0. The molecule has 4 aliphatic rings. The number of nitrogens with zero attached hydrogens (tertiary/aromatic N) is 1. The van der Waals surface area contributed by atoms with E-state index in [-0.39, 0.29) is 64.7 Å². The van der Waals surface area contributed by atoms with Crippen LogP contribution in [-0.2, 0) is 19.1 Å². The van der Waals surface area contributed by atoms with Crippen molar-refractivity contribution in [2.45, 2.75) is 36.5 Å². The van der Waals surface area contributed by atoms with Crippen LogP contribution in [0.3, 0.4) is 0 Å². The van der Waals surface area contributed by atoms with Crippen LogP contribution in [-0.4, -0.2) is 53.7 Å². The predicted octanol–water partition coefficient (Wildman–Crippen LogP) is 6.86. The topological polar surface area (TPSA) is 144 Å². The highest BCUT2D eigenvalue weighted by molar-refractivity contribution is 8.00. The number of carbonyl (C=O) groups is 4. The predicted molar refractivity (Wildman–Crippen MR) is 209 cm³/mol. The van der Waals surface area contributed by atoms with Gasteiger partial charge < -0.3 is 24.5 Å². The highest BCUT2D eigenvalue weighted by Crippen LogP contribution is 2.69. The molecule has 2 aliphatic carbocycles. The van der Waals surface area contributed by atoms with E-state index in [1.807, 2.05) is 61.5 Å². The van der Waals surface area contributed by atoms with Gasteiger partial charge in [-0.05, 0) is 103 Å². The first-order valence-corrected chi connectivity index (χ1v) is 20.2. The van der Waals surface area contributed by atoms with Gasteiger partial charge in [-0.2, -0.15) is 0 Å². The number of anilines is 2. The van der Waals surface area contributed by atoms with Crippen LogP contribution in [0.15, 0.2) is 94.7 Å². The van der Waals surface area contributed by atoms with Crippen LogP contribution in [0, 0.1) is 29.6 Å². The average molecular weight is 776 g/mol. The molecule has 0 spiro atoms. The van der Waals surface area contributed by atoms with E-state index in [1.54, 1.807) is 49.0 Å². The van der Waals surface area contributed by atoms with Gasteiger partial charge in [0.25, 0.3) is 5.91 Å². The van der Waals surface area contributed by atoms with Crippen molar-refractivity contribution >= 4 is 68.9 Å². The number of thioether (sulfide) groups is 1. The van der Waals surface area contributed by atoms with E-state index < -0.39 is 17.8 Å². The van der Waals surface area contributed by atoms with E-state index in [0.717, 1.165) is 32.7 Å². The molecule has 55 heavy (non-hydrogen) atoms. The van der Waals surface area contributed by atoms with Gasteiger partial charge in [-0.1, -0.05) is 47.7 Å². The molecular weight excluding hydrogens is 739 g/mol. The molecule has 2 bridgehead atoms. The van der Waals surface area contributed by atoms with Gasteiger partial charge in [0.15, 0.2) is 18.1 Å². The van der Waals surface area contributed by atoms with Gasteiger partial charge in [0.1, 0.15) is 0 Å². The molecule has 3 fully saturated rings. The number of aromatic amines is 1. The number of imide groups is 1. The number of ether oxygens (including phenoxy) is 3. The van der Waals surface area contributed by atoms with Crippen molar-refractivity contribution in [2.24, 2.45) is 29.6 Å². The van der Waals surface area contributed by atoms with E-state index >= 15 is 0 Å². The van der Waals surface area contributed by atoms with Crippen LogP contribution in [0.25, 0.3) is 10.8 Å². The van der Waals surface area contributed by atoms with Crippen molar-refractivity contribution in [1.82, 2.24) is 4.98 Å². The van der Waals surface area contributed by atoms with Crippen molar-refractivity contribution in [1.29, 1.82) is 0 Å². The van der Waals surface area contributed by atoms with Crippen molar-refractivity contribution in [3.8, 4) is 11.5 Å². The monoisotopic (exact) mass is 775 g/mol. The summed E-state index contributed by atoms with van der Waals surface area (Å²) in [7, 11) is 0. The minimum Gasteiger partial charge on any atom is -0.490 e. The maximum absolute atomic E-state index is 14.2. The lowest BCUT2D eigenvalue weighted by Gasteiger charge is -2.43. The summed E-state index contributed by atoms with van der Waals surface area (Å²) in [6.45, 7) is 3.98. The van der Waals surface area contributed by atoms with Crippen LogP contribution >= 0.6 is 23.1 Å². The maximum Gasteiger partial charge on any atom is 0.338 e. The largest absolute Gasteiger partial charge is 0.490 e. The Bertz CT molecular complexity index is 2430. The molecule has 11 nitrogen and oxygen atoms in total. The van der Waals surface area contributed by atoms with E-state index in [0.29, 0.717) is 35.0 Å². The number of nitrogens with one attached hydrogen (secondary N) is 2. The molecule has 13 heteroatoms. The van der Waals surface area contributed by atoms with E-state index in [4.69, 9.17) is 14.2 Å². The molecule has 280 valence electrons. The van der Waals surface area contributed by atoms with Gasteiger partial charge in [-0.3, -0.25) is 24.1 Å². The lowest BCUT2D eigenvalue weighted by atomic mass is 9.68. The van der Waals surface area contributed by atoms with E-state index in [2.05, 4.69) is 10.3 Å². The molecule has 2 aliphatic heterocycles. The van der Waals surface area contributed by atoms with Crippen LogP contribution in [0.1, 0.15) is 47.0 Å². The first-order valence-electron chi connectivity index (χ1n) is 18.5. The molecule has 4 aromatic carbocycles. The number of aromatic nitrogens is 1. The fourth-order valence-corrected chi connectivity index (χ4v) is 12.2. The number of H-pyrrole nitrogens is 1. The molecule has 7 atom stereocenters. The van der Waals surface area contributed by atoms with Crippen molar-refractivity contribution in [3.63, 3.8) is 0 Å². The average Bonchev–Trinajstić information content (AvgIpc) is 3.93. The normalized spacial score (nSPS) is 24.7. The second-order valence-electron chi connectivity index (χ2n) is 14.3. The molecule has 3 amide bonds. The molecule has 9 rings (SSSR count). The minimum atomic E-state index is -0.487. The summed E-state index contributed by atoms with van der Waals surface area (Å²) in [5, 5.41) is 5.81. The SMILES string of the molecule is CCOC(=O)c1ccc(N2C(=O)[C@H]3[C@H]4C[C@@H]([C@@H]3C2=O)[C@@H]2[C@H](c3ccc(OCC(=O)Nc5ccc6ccccc6c5)c(OCC)c3)c3sc(=O)[nH]c3S[C@H]42)cc1. The fourth-order valence-electron chi connectivity index (χ4n) is 9.32. The van der Waals surface area contributed by atoms with Crippen molar-refractivity contribution in [2.75, 3.05) is 30.0 Å². The number of amides is 3. The number of hydrogen-bond donors (Lipinski definition) is 2. The van der Waals surface area contributed by atoms with Gasteiger partial charge in [-0.15, -0.1) is 11.8 Å². The number of thiazole rings is 1. The number of carbonyl (C=O) groups excluding carboxylic acids is 4. The van der Waals surface area contributed by atoms with Crippen molar-refractivity contribution in [3.05, 3.63) is 111 Å². The van der Waals surface area contributed by atoms with Crippen molar-refractivity contribution < 1.29 is 33.4 Å². The number of esters is 1. The summed E-state index contributed by atoms with van der Waals surface area (Å²) < 4.78 is 17.2. The van der Waals surface area contributed by atoms with Gasteiger partial charge in [0.2, 0.25) is 11.8 Å². The Hall–Kier alpha value is -5.40. The summed E-state index contributed by atoms with van der Waals surface area (Å²) in [4.78, 5) is 71.5. The molecule has 2 N–H and O–H groups in total. The number of benzene rings is 4. The zero-order chi connectivity index (χ0) is 38.0. The third-order valence-corrected chi connectivity index (χ3v) is 14.0. The Balaban J connectivity index is 0.982. The molecule has 1 saturated heterocycles. The smallest absolute Gasteiger partial charge is 0.338 e. The van der Waals surface area contributed by atoms with Crippen LogP contribution < -0.4 is 24.6 Å². The Labute approximate surface area is 324 Å². The number of fused-ring (bicyclic) bond motifs is 10. The third kappa shape index (κ3) is 6.00.